The molecule has 2 N–H and O–H groups in total. The van der Waals surface area contributed by atoms with E-state index in [1.165, 1.54) is 30.3 Å². The third-order valence-corrected chi connectivity index (χ3v) is 6.17. The smallest absolute Gasteiger partial charge is 0.416 e. The number of aromatic nitrogens is 3. The first kappa shape index (κ1) is 31.7. The van der Waals surface area contributed by atoms with Crippen LogP contribution in [0.5, 0.6) is 0 Å². The number of alkyl halides is 6. The number of aliphatic hydroxyl groups excluding tert-OH is 1. The number of rotatable bonds is 10. The van der Waals surface area contributed by atoms with Crippen LogP contribution in [0.2, 0.25) is 5.02 Å². The lowest BCUT2D eigenvalue weighted by atomic mass is 9.92. The molecular weight excluding hydrogens is 586 g/mol. The first-order chi connectivity index (χ1) is 19.1. The fourth-order valence-electron chi connectivity index (χ4n) is 3.86. The molecule has 0 aliphatic rings. The largest absolute Gasteiger partial charge is 0.453 e. The number of benzene rings is 2. The summed E-state index contributed by atoms with van der Waals surface area (Å²) in [5.41, 5.74) is -1.92. The SMILES string of the molecule is COC(=O)NCC(CC(=O)Cn1nc(-c2ccc(Cl)cc2)n(C[C@H](O)C(F)(F)F)c1=O)c1cccc(C(F)(F)F)c1. The predicted molar refractivity (Wildman–Crippen MR) is 133 cm³/mol. The number of amides is 1. The van der Waals surface area contributed by atoms with Crippen molar-refractivity contribution < 1.29 is 45.8 Å². The second-order valence-corrected chi connectivity index (χ2v) is 9.31. The van der Waals surface area contributed by atoms with Crippen LogP contribution < -0.4 is 11.0 Å². The van der Waals surface area contributed by atoms with Crippen LogP contribution in [0.15, 0.2) is 53.3 Å². The Balaban J connectivity index is 1.93. The Morgan fingerprint density at radius 3 is 2.34 bits per heavy atom. The van der Waals surface area contributed by atoms with Gasteiger partial charge in [0.25, 0.3) is 0 Å². The van der Waals surface area contributed by atoms with E-state index in [9.17, 15) is 45.8 Å². The lowest BCUT2D eigenvalue weighted by molar-refractivity contribution is -0.207. The molecule has 0 aliphatic carbocycles. The topological polar surface area (TPSA) is 115 Å². The van der Waals surface area contributed by atoms with Crippen molar-refractivity contribution in [1.29, 1.82) is 0 Å². The van der Waals surface area contributed by atoms with Crippen molar-refractivity contribution >= 4 is 23.5 Å². The standard InChI is InChI=1S/C25H23ClF6N4O5/c1-41-22(39)33-11-16(15-3-2-4-17(9-15)24(27,28)29)10-19(37)12-36-23(40)35(13-20(38)25(30,31)32)21(34-36)14-5-7-18(26)8-6-14/h2-9,16,20,38H,10-13H2,1H3,(H,33,39)/t16?,20-/m0/s1. The number of halogens is 7. The summed E-state index contributed by atoms with van der Waals surface area (Å²) in [7, 11) is 1.07. The maximum absolute atomic E-state index is 13.3. The number of ketones is 1. The van der Waals surface area contributed by atoms with Crippen molar-refractivity contribution in [1.82, 2.24) is 19.7 Å². The van der Waals surface area contributed by atoms with Crippen LogP contribution in [0, 0.1) is 0 Å². The minimum Gasteiger partial charge on any atom is -0.453 e. The zero-order chi connectivity index (χ0) is 30.5. The molecule has 41 heavy (non-hydrogen) atoms. The molecule has 0 saturated heterocycles. The normalized spacial score (nSPS) is 13.5. The second-order valence-electron chi connectivity index (χ2n) is 8.87. The summed E-state index contributed by atoms with van der Waals surface area (Å²) in [4.78, 5) is 37.6. The van der Waals surface area contributed by atoms with Gasteiger partial charge in [-0.2, -0.15) is 26.3 Å². The van der Waals surface area contributed by atoms with Crippen molar-refractivity contribution in [2.24, 2.45) is 0 Å². The van der Waals surface area contributed by atoms with E-state index in [1.54, 1.807) is 0 Å². The zero-order valence-corrected chi connectivity index (χ0v) is 21.9. The van der Waals surface area contributed by atoms with E-state index in [4.69, 9.17) is 11.6 Å². The van der Waals surface area contributed by atoms with Gasteiger partial charge < -0.3 is 15.2 Å². The highest BCUT2D eigenvalue weighted by Crippen LogP contribution is 2.32. The zero-order valence-electron chi connectivity index (χ0n) is 21.2. The van der Waals surface area contributed by atoms with E-state index in [0.29, 0.717) is 9.25 Å². The Labute approximate surface area is 233 Å². The van der Waals surface area contributed by atoms with Gasteiger partial charge in [0, 0.05) is 29.5 Å². The van der Waals surface area contributed by atoms with Crippen molar-refractivity contribution in [2.75, 3.05) is 13.7 Å². The molecule has 1 heterocycles. The van der Waals surface area contributed by atoms with Crippen LogP contribution in [-0.4, -0.2) is 57.3 Å². The third-order valence-electron chi connectivity index (χ3n) is 5.92. The minimum absolute atomic E-state index is 0.0533. The van der Waals surface area contributed by atoms with Crippen LogP contribution in [0.1, 0.15) is 23.5 Å². The molecule has 0 radical (unpaired) electrons. The average Bonchev–Trinajstić information content (AvgIpc) is 3.20. The van der Waals surface area contributed by atoms with Crippen LogP contribution in [0.4, 0.5) is 31.1 Å². The van der Waals surface area contributed by atoms with E-state index >= 15 is 0 Å². The molecule has 2 aromatic carbocycles. The summed E-state index contributed by atoms with van der Waals surface area (Å²) >= 11 is 5.85. The van der Waals surface area contributed by atoms with Gasteiger partial charge in [-0.1, -0.05) is 29.8 Å². The molecule has 0 saturated carbocycles. The molecule has 9 nitrogen and oxygen atoms in total. The highest BCUT2D eigenvalue weighted by Gasteiger charge is 2.39. The van der Waals surface area contributed by atoms with Gasteiger partial charge in [0.05, 0.1) is 19.2 Å². The Kier molecular flexibility index (Phi) is 9.86. The maximum Gasteiger partial charge on any atom is 0.416 e. The molecular formula is C25H23ClF6N4O5. The summed E-state index contributed by atoms with van der Waals surface area (Å²) in [6, 6.07) is 9.62. The lowest BCUT2D eigenvalue weighted by Gasteiger charge is -2.18. The first-order valence-corrected chi connectivity index (χ1v) is 12.2. The number of aliphatic hydroxyl groups is 1. The molecule has 0 spiro atoms. The fourth-order valence-corrected chi connectivity index (χ4v) is 3.99. The van der Waals surface area contributed by atoms with Gasteiger partial charge in [-0.05, 0) is 35.9 Å². The molecule has 1 amide bonds. The van der Waals surface area contributed by atoms with E-state index in [1.807, 2.05) is 0 Å². The van der Waals surface area contributed by atoms with Gasteiger partial charge in [-0.15, -0.1) is 5.10 Å². The van der Waals surface area contributed by atoms with Crippen molar-refractivity contribution in [3.63, 3.8) is 0 Å². The molecule has 0 aliphatic heterocycles. The van der Waals surface area contributed by atoms with Gasteiger partial charge >= 0.3 is 24.1 Å². The number of carbonyl (C=O) groups excluding carboxylic acids is 2. The summed E-state index contributed by atoms with van der Waals surface area (Å²) in [6.07, 6.45) is -14.0. The number of alkyl carbamates (subject to hydrolysis) is 1. The van der Waals surface area contributed by atoms with Gasteiger partial charge in [0.2, 0.25) is 0 Å². The van der Waals surface area contributed by atoms with E-state index < -0.39 is 67.0 Å². The average molecular weight is 609 g/mol. The first-order valence-electron chi connectivity index (χ1n) is 11.8. The molecule has 1 aromatic heterocycles. The number of carbonyl (C=O) groups is 2. The minimum atomic E-state index is -5.06. The molecule has 2 atom stereocenters. The van der Waals surface area contributed by atoms with Gasteiger partial charge in [-0.3, -0.25) is 9.36 Å². The maximum atomic E-state index is 13.3. The molecule has 3 aromatic rings. The van der Waals surface area contributed by atoms with Gasteiger partial charge in [-0.25, -0.2) is 14.3 Å². The van der Waals surface area contributed by atoms with Gasteiger partial charge in [0.15, 0.2) is 17.7 Å². The number of nitrogens with one attached hydrogen (secondary N) is 1. The fraction of sp³-hybridized carbons (Fsp3) is 0.360. The third kappa shape index (κ3) is 8.33. The number of hydrogen-bond acceptors (Lipinski definition) is 6. The summed E-state index contributed by atoms with van der Waals surface area (Å²) in [6.45, 7) is -2.29. The van der Waals surface area contributed by atoms with Crippen molar-refractivity contribution in [3.8, 4) is 11.4 Å². The molecule has 1 unspecified atom stereocenters. The van der Waals surface area contributed by atoms with Crippen LogP contribution in [0.25, 0.3) is 11.4 Å². The number of nitrogens with zero attached hydrogens (tertiary/aromatic N) is 3. The van der Waals surface area contributed by atoms with Crippen molar-refractivity contribution in [2.45, 2.75) is 43.9 Å². The monoisotopic (exact) mass is 608 g/mol. The highest BCUT2D eigenvalue weighted by molar-refractivity contribution is 6.30. The Morgan fingerprint density at radius 1 is 1.10 bits per heavy atom. The highest BCUT2D eigenvalue weighted by atomic mass is 35.5. The van der Waals surface area contributed by atoms with E-state index in [2.05, 4.69) is 15.2 Å². The molecule has 0 fully saturated rings. The quantitative estimate of drug-likeness (QED) is 0.330. The Morgan fingerprint density at radius 2 is 1.76 bits per heavy atom. The molecule has 16 heteroatoms. The Bertz CT molecular complexity index is 1440. The number of Topliss-reactive ketones (excluding diaryl/α,β-unsaturated/α-hetero) is 1. The van der Waals surface area contributed by atoms with Crippen LogP contribution >= 0.6 is 11.6 Å². The second kappa shape index (κ2) is 12.8. The summed E-state index contributed by atoms with van der Waals surface area (Å²) < 4.78 is 84.6. The lowest BCUT2D eigenvalue weighted by Crippen LogP contribution is -2.37. The Hall–Kier alpha value is -3.85. The van der Waals surface area contributed by atoms with Crippen LogP contribution in [0.3, 0.4) is 0 Å². The molecule has 222 valence electrons. The van der Waals surface area contributed by atoms with Gasteiger partial charge in [0.1, 0.15) is 6.54 Å². The van der Waals surface area contributed by atoms with E-state index in [-0.39, 0.29) is 28.5 Å². The predicted octanol–water partition coefficient (Wildman–Crippen LogP) is 4.41. The summed E-state index contributed by atoms with van der Waals surface area (Å²) in [5.74, 6) is -2.01. The molecule has 0 bridgehead atoms. The van der Waals surface area contributed by atoms with Crippen LogP contribution in [-0.2, 0) is 28.8 Å². The van der Waals surface area contributed by atoms with Crippen molar-refractivity contribution in [3.05, 3.63) is 75.2 Å². The van der Waals surface area contributed by atoms with E-state index in [0.717, 1.165) is 25.3 Å². The number of methoxy groups -OCH3 is 1. The number of ether oxygens (including phenoxy) is 1. The number of hydrogen-bond donors (Lipinski definition) is 2. The summed E-state index contributed by atoms with van der Waals surface area (Å²) in [5, 5.41) is 16.2. The molecule has 3 rings (SSSR count).